The van der Waals surface area contributed by atoms with Crippen molar-refractivity contribution in [3.63, 3.8) is 0 Å². The normalized spacial score (nSPS) is 12.8. The second-order valence-electron chi connectivity index (χ2n) is 4.00. The summed E-state index contributed by atoms with van der Waals surface area (Å²) in [5.41, 5.74) is 7.31. The number of aliphatic hydroxyl groups is 1. The van der Waals surface area contributed by atoms with E-state index in [4.69, 9.17) is 5.73 Å². The Hall–Kier alpha value is -1.43. The van der Waals surface area contributed by atoms with Gasteiger partial charge in [0.1, 0.15) is 0 Å². The molecule has 1 heterocycles. The van der Waals surface area contributed by atoms with Gasteiger partial charge in [-0.2, -0.15) is 0 Å². The summed E-state index contributed by atoms with van der Waals surface area (Å²) in [6.07, 6.45) is -0.530. The van der Waals surface area contributed by atoms with Crippen LogP contribution in [0.15, 0.2) is 35.7 Å². The fraction of sp³-hybridized carbons (Fsp3) is 0.231. The van der Waals surface area contributed by atoms with E-state index in [9.17, 15) is 5.11 Å². The summed E-state index contributed by atoms with van der Waals surface area (Å²) >= 11 is 1.41. The van der Waals surface area contributed by atoms with Gasteiger partial charge in [0, 0.05) is 11.9 Å². The summed E-state index contributed by atoms with van der Waals surface area (Å²) in [7, 11) is 0. The number of hydrogen-bond donors (Lipinski definition) is 3. The largest absolute Gasteiger partial charge is 0.387 e. The first-order valence-corrected chi connectivity index (χ1v) is 6.56. The molecule has 0 aliphatic rings. The Bertz CT molecular complexity index is 486. The molecule has 1 aromatic carbocycles. The van der Waals surface area contributed by atoms with Crippen LogP contribution in [-0.2, 0) is 0 Å². The van der Waals surface area contributed by atoms with Crippen LogP contribution in [0.3, 0.4) is 0 Å². The minimum Gasteiger partial charge on any atom is -0.387 e. The maximum atomic E-state index is 10.0. The molecule has 4 N–H and O–H groups in total. The molecule has 2 aromatic rings. The van der Waals surface area contributed by atoms with E-state index in [1.807, 2.05) is 42.6 Å². The quantitative estimate of drug-likeness (QED) is 0.770. The van der Waals surface area contributed by atoms with Crippen molar-refractivity contribution in [3.8, 4) is 0 Å². The summed E-state index contributed by atoms with van der Waals surface area (Å²) in [6, 6.07) is 10.5. The van der Waals surface area contributed by atoms with E-state index in [-0.39, 0.29) is 0 Å². The van der Waals surface area contributed by atoms with Crippen LogP contribution in [0.5, 0.6) is 0 Å². The molecule has 1 aromatic heterocycles. The second kappa shape index (κ2) is 5.95. The molecule has 4 nitrogen and oxygen atoms in total. The smallest absolute Gasteiger partial charge is 0.180 e. The van der Waals surface area contributed by atoms with E-state index in [1.54, 1.807) is 0 Å². The first kappa shape index (κ1) is 13.0. The fourth-order valence-electron chi connectivity index (χ4n) is 1.59. The second-order valence-corrected chi connectivity index (χ2v) is 4.89. The molecule has 5 heteroatoms. The SMILES string of the molecule is C[C](NC[C@H](O)c1ccccc1)c1csc(N)n1. The van der Waals surface area contributed by atoms with Crippen molar-refractivity contribution in [3.05, 3.63) is 53.0 Å². The molecule has 95 valence electrons. The molecule has 0 unspecified atom stereocenters. The summed E-state index contributed by atoms with van der Waals surface area (Å²) in [5.74, 6) is 0. The molecule has 0 aliphatic carbocycles. The molecule has 1 radical (unpaired) electrons. The summed E-state index contributed by atoms with van der Waals surface area (Å²) in [4.78, 5) is 4.18. The lowest BCUT2D eigenvalue weighted by molar-refractivity contribution is 0.176. The highest BCUT2D eigenvalue weighted by molar-refractivity contribution is 7.13. The molecule has 1 atom stereocenters. The Morgan fingerprint density at radius 1 is 1.44 bits per heavy atom. The lowest BCUT2D eigenvalue weighted by Crippen LogP contribution is -2.25. The molecular weight excluding hydrogens is 246 g/mol. The Labute approximate surface area is 110 Å². The molecule has 0 amide bonds. The number of thiazole rings is 1. The number of nitrogens with one attached hydrogen (secondary N) is 1. The lowest BCUT2D eigenvalue weighted by Gasteiger charge is -2.15. The van der Waals surface area contributed by atoms with Crippen molar-refractivity contribution >= 4 is 16.5 Å². The number of nitrogen functional groups attached to an aromatic ring is 1. The number of aliphatic hydroxyl groups excluding tert-OH is 1. The molecule has 0 fully saturated rings. The highest BCUT2D eigenvalue weighted by Crippen LogP contribution is 2.18. The van der Waals surface area contributed by atoms with Crippen LogP contribution < -0.4 is 11.1 Å². The van der Waals surface area contributed by atoms with Crippen LogP contribution in [-0.4, -0.2) is 16.6 Å². The van der Waals surface area contributed by atoms with Gasteiger partial charge >= 0.3 is 0 Å². The van der Waals surface area contributed by atoms with Gasteiger partial charge in [0.05, 0.1) is 17.8 Å². The van der Waals surface area contributed by atoms with Crippen molar-refractivity contribution in [2.75, 3.05) is 12.3 Å². The van der Waals surface area contributed by atoms with Crippen LogP contribution >= 0.6 is 11.3 Å². The first-order valence-electron chi connectivity index (χ1n) is 5.68. The Morgan fingerprint density at radius 2 is 2.17 bits per heavy atom. The minimum atomic E-state index is -0.530. The number of nitrogens with zero attached hydrogens (tertiary/aromatic N) is 1. The molecular formula is C13H16N3OS. The predicted octanol–water partition coefficient (Wildman–Crippen LogP) is 1.95. The van der Waals surface area contributed by atoms with Crippen molar-refractivity contribution in [2.24, 2.45) is 0 Å². The molecule has 2 rings (SSSR count). The average Bonchev–Trinajstić information content (AvgIpc) is 2.83. The maximum absolute atomic E-state index is 10.0. The van der Waals surface area contributed by atoms with Gasteiger partial charge in [0.15, 0.2) is 5.13 Å². The highest BCUT2D eigenvalue weighted by atomic mass is 32.1. The highest BCUT2D eigenvalue weighted by Gasteiger charge is 2.12. The Balaban J connectivity index is 1.88. The fourth-order valence-corrected chi connectivity index (χ4v) is 2.21. The standard InChI is InChI=1S/C13H16N3OS/c1-9(11-8-18-13(14)16-11)15-7-12(17)10-5-3-2-4-6-10/h2-6,8,12,15,17H,7H2,1H3,(H2,14,16)/t12-/m0/s1. The first-order chi connectivity index (χ1) is 8.66. The molecule has 0 spiro atoms. The number of aromatic nitrogens is 1. The average molecular weight is 262 g/mol. The van der Waals surface area contributed by atoms with Crippen LogP contribution in [0, 0.1) is 6.04 Å². The van der Waals surface area contributed by atoms with Gasteiger partial charge < -0.3 is 16.2 Å². The monoisotopic (exact) mass is 262 g/mol. The van der Waals surface area contributed by atoms with Crippen molar-refractivity contribution in [1.29, 1.82) is 0 Å². The Morgan fingerprint density at radius 3 is 2.78 bits per heavy atom. The number of rotatable bonds is 5. The lowest BCUT2D eigenvalue weighted by atomic mass is 10.1. The van der Waals surface area contributed by atoms with Crippen molar-refractivity contribution < 1.29 is 5.11 Å². The van der Waals surface area contributed by atoms with Gasteiger partial charge in [0.2, 0.25) is 0 Å². The van der Waals surface area contributed by atoms with Gasteiger partial charge in [-0.05, 0) is 12.5 Å². The number of hydrogen-bond acceptors (Lipinski definition) is 5. The zero-order valence-electron chi connectivity index (χ0n) is 10.1. The van der Waals surface area contributed by atoms with Crippen LogP contribution in [0.2, 0.25) is 0 Å². The number of benzene rings is 1. The van der Waals surface area contributed by atoms with E-state index in [0.717, 1.165) is 17.3 Å². The molecule has 0 saturated carbocycles. The van der Waals surface area contributed by atoms with E-state index >= 15 is 0 Å². The van der Waals surface area contributed by atoms with E-state index in [2.05, 4.69) is 10.3 Å². The molecule has 18 heavy (non-hydrogen) atoms. The van der Waals surface area contributed by atoms with Crippen LogP contribution in [0.4, 0.5) is 5.13 Å². The van der Waals surface area contributed by atoms with E-state index in [1.165, 1.54) is 11.3 Å². The van der Waals surface area contributed by atoms with Crippen LogP contribution in [0.1, 0.15) is 24.3 Å². The van der Waals surface area contributed by atoms with Gasteiger partial charge in [-0.3, -0.25) is 0 Å². The zero-order chi connectivity index (χ0) is 13.0. The minimum absolute atomic E-state index is 0.452. The molecule has 0 bridgehead atoms. The summed E-state index contributed by atoms with van der Waals surface area (Å²) in [5, 5.41) is 15.6. The topological polar surface area (TPSA) is 71.2 Å². The van der Waals surface area contributed by atoms with Gasteiger partial charge in [-0.25, -0.2) is 4.98 Å². The van der Waals surface area contributed by atoms with Crippen molar-refractivity contribution in [1.82, 2.24) is 10.3 Å². The predicted molar refractivity (Wildman–Crippen MR) is 73.9 cm³/mol. The summed E-state index contributed by atoms with van der Waals surface area (Å²) < 4.78 is 0. The zero-order valence-corrected chi connectivity index (χ0v) is 10.9. The number of nitrogens with two attached hydrogens (primary N) is 1. The summed E-state index contributed by atoms with van der Waals surface area (Å²) in [6.45, 7) is 2.37. The van der Waals surface area contributed by atoms with E-state index < -0.39 is 6.10 Å². The van der Waals surface area contributed by atoms with Gasteiger partial charge in [0.25, 0.3) is 0 Å². The van der Waals surface area contributed by atoms with Crippen LogP contribution in [0.25, 0.3) is 0 Å². The number of anilines is 1. The molecule has 0 saturated heterocycles. The maximum Gasteiger partial charge on any atom is 0.180 e. The third-order valence-electron chi connectivity index (χ3n) is 2.65. The third-order valence-corrected chi connectivity index (χ3v) is 3.32. The third kappa shape index (κ3) is 3.29. The van der Waals surface area contributed by atoms with Gasteiger partial charge in [-0.15, -0.1) is 11.3 Å². The Kier molecular flexibility index (Phi) is 4.30. The molecule has 0 aliphatic heterocycles. The van der Waals surface area contributed by atoms with Gasteiger partial charge in [-0.1, -0.05) is 30.3 Å². The van der Waals surface area contributed by atoms with E-state index in [0.29, 0.717) is 11.7 Å². The van der Waals surface area contributed by atoms with Crippen molar-refractivity contribution in [2.45, 2.75) is 13.0 Å².